The lowest BCUT2D eigenvalue weighted by Gasteiger charge is -2.09. The molecule has 0 saturated carbocycles. The molecule has 0 atom stereocenters. The highest BCUT2D eigenvalue weighted by Crippen LogP contribution is 2.29. The molecular formula is C15H10F3N7O. The first kappa shape index (κ1) is 16.0. The Balaban J connectivity index is 1.75. The van der Waals surface area contributed by atoms with Crippen molar-refractivity contribution in [1.82, 2.24) is 34.6 Å². The Morgan fingerprint density at radius 3 is 2.69 bits per heavy atom. The normalized spacial score (nSPS) is 11.8. The van der Waals surface area contributed by atoms with Gasteiger partial charge in [-0.1, -0.05) is 11.3 Å². The SMILES string of the molecule is Cc1cc(Oc2cccc(-n3ccnn3)c2)n2nc(C(F)(F)F)nc2n1. The summed E-state index contributed by atoms with van der Waals surface area (Å²) in [6.07, 6.45) is -1.50. The van der Waals surface area contributed by atoms with E-state index in [0.717, 1.165) is 4.52 Å². The highest BCUT2D eigenvalue weighted by atomic mass is 19.4. The second kappa shape index (κ2) is 5.79. The van der Waals surface area contributed by atoms with E-state index < -0.39 is 12.0 Å². The van der Waals surface area contributed by atoms with Crippen LogP contribution >= 0.6 is 0 Å². The molecule has 0 aliphatic carbocycles. The van der Waals surface area contributed by atoms with Crippen molar-refractivity contribution in [2.75, 3.05) is 0 Å². The van der Waals surface area contributed by atoms with Crippen molar-refractivity contribution in [3.05, 3.63) is 54.2 Å². The van der Waals surface area contributed by atoms with Gasteiger partial charge in [0.15, 0.2) is 0 Å². The summed E-state index contributed by atoms with van der Waals surface area (Å²) in [5.74, 6) is -1.03. The van der Waals surface area contributed by atoms with Crippen LogP contribution in [0, 0.1) is 6.92 Å². The summed E-state index contributed by atoms with van der Waals surface area (Å²) in [6.45, 7) is 1.63. The van der Waals surface area contributed by atoms with Gasteiger partial charge in [0, 0.05) is 17.8 Å². The molecule has 11 heteroatoms. The van der Waals surface area contributed by atoms with Crippen LogP contribution in [0.1, 0.15) is 11.5 Å². The van der Waals surface area contributed by atoms with Gasteiger partial charge in [-0.15, -0.1) is 10.2 Å². The topological polar surface area (TPSA) is 83.0 Å². The molecule has 3 aromatic heterocycles. The number of halogens is 3. The van der Waals surface area contributed by atoms with Crippen molar-refractivity contribution >= 4 is 5.78 Å². The molecule has 8 nitrogen and oxygen atoms in total. The van der Waals surface area contributed by atoms with Crippen molar-refractivity contribution < 1.29 is 17.9 Å². The van der Waals surface area contributed by atoms with E-state index in [1.54, 1.807) is 37.4 Å². The minimum Gasteiger partial charge on any atom is -0.439 e. The molecule has 0 radical (unpaired) electrons. The molecule has 3 heterocycles. The molecule has 0 saturated heterocycles. The van der Waals surface area contributed by atoms with E-state index >= 15 is 0 Å². The van der Waals surface area contributed by atoms with Crippen LogP contribution in [0.3, 0.4) is 0 Å². The maximum Gasteiger partial charge on any atom is 0.453 e. The van der Waals surface area contributed by atoms with Gasteiger partial charge in [-0.05, 0) is 19.1 Å². The summed E-state index contributed by atoms with van der Waals surface area (Å²) in [5, 5.41) is 11.1. The third-order valence-electron chi connectivity index (χ3n) is 3.39. The van der Waals surface area contributed by atoms with Gasteiger partial charge in [0.1, 0.15) is 5.75 Å². The van der Waals surface area contributed by atoms with Crippen LogP contribution in [-0.4, -0.2) is 34.6 Å². The van der Waals surface area contributed by atoms with Crippen LogP contribution in [0.15, 0.2) is 42.7 Å². The summed E-state index contributed by atoms with van der Waals surface area (Å²) in [6, 6.07) is 8.30. The second-order valence-corrected chi connectivity index (χ2v) is 5.33. The van der Waals surface area contributed by atoms with Crippen molar-refractivity contribution in [3.63, 3.8) is 0 Å². The first-order chi connectivity index (χ1) is 12.4. The zero-order valence-corrected chi connectivity index (χ0v) is 13.2. The molecule has 4 rings (SSSR count). The molecule has 0 aliphatic heterocycles. The number of fused-ring (bicyclic) bond motifs is 1. The smallest absolute Gasteiger partial charge is 0.439 e. The number of rotatable bonds is 3. The Bertz CT molecular complexity index is 1070. The van der Waals surface area contributed by atoms with Crippen molar-refractivity contribution in [1.29, 1.82) is 0 Å². The fourth-order valence-electron chi connectivity index (χ4n) is 2.30. The van der Waals surface area contributed by atoms with Crippen LogP contribution < -0.4 is 4.74 Å². The maximum absolute atomic E-state index is 12.9. The van der Waals surface area contributed by atoms with Gasteiger partial charge in [0.05, 0.1) is 18.1 Å². The number of ether oxygens (including phenoxy) is 1. The fourth-order valence-corrected chi connectivity index (χ4v) is 2.30. The Labute approximate surface area is 143 Å². The van der Waals surface area contributed by atoms with E-state index in [1.165, 1.54) is 16.9 Å². The monoisotopic (exact) mass is 361 g/mol. The molecule has 0 unspecified atom stereocenters. The molecule has 0 spiro atoms. The molecular weight excluding hydrogens is 351 g/mol. The van der Waals surface area contributed by atoms with E-state index in [0.29, 0.717) is 17.1 Å². The van der Waals surface area contributed by atoms with Gasteiger partial charge in [0.2, 0.25) is 5.88 Å². The third-order valence-corrected chi connectivity index (χ3v) is 3.39. The van der Waals surface area contributed by atoms with Gasteiger partial charge >= 0.3 is 6.18 Å². The zero-order valence-electron chi connectivity index (χ0n) is 13.2. The van der Waals surface area contributed by atoms with Gasteiger partial charge < -0.3 is 4.74 Å². The number of hydrogen-bond donors (Lipinski definition) is 0. The number of aryl methyl sites for hydroxylation is 1. The van der Waals surface area contributed by atoms with Gasteiger partial charge in [-0.2, -0.15) is 22.7 Å². The lowest BCUT2D eigenvalue weighted by molar-refractivity contribution is -0.144. The molecule has 132 valence electrons. The molecule has 1 aromatic carbocycles. The summed E-state index contributed by atoms with van der Waals surface area (Å²) >= 11 is 0. The highest BCUT2D eigenvalue weighted by molar-refractivity contribution is 5.41. The van der Waals surface area contributed by atoms with Crippen LogP contribution in [0.5, 0.6) is 11.6 Å². The lowest BCUT2D eigenvalue weighted by atomic mass is 10.3. The predicted octanol–water partition coefficient (Wildman–Crippen LogP) is 2.82. The molecule has 0 fully saturated rings. The summed E-state index contributed by atoms with van der Waals surface area (Å²) in [4.78, 5) is 7.38. The van der Waals surface area contributed by atoms with Gasteiger partial charge in [-0.25, -0.2) is 9.67 Å². The zero-order chi connectivity index (χ0) is 18.3. The minimum atomic E-state index is -4.67. The fraction of sp³-hybridized carbons (Fsp3) is 0.133. The van der Waals surface area contributed by atoms with E-state index in [4.69, 9.17) is 4.74 Å². The van der Waals surface area contributed by atoms with Crippen LogP contribution in [0.25, 0.3) is 11.5 Å². The number of hydrogen-bond acceptors (Lipinski definition) is 6. The number of nitrogens with zero attached hydrogens (tertiary/aromatic N) is 7. The van der Waals surface area contributed by atoms with Gasteiger partial charge in [-0.3, -0.25) is 0 Å². The molecule has 0 amide bonds. The van der Waals surface area contributed by atoms with E-state index in [2.05, 4.69) is 25.4 Å². The number of benzene rings is 1. The van der Waals surface area contributed by atoms with Crippen LogP contribution in [0.2, 0.25) is 0 Å². The molecule has 0 aliphatic rings. The van der Waals surface area contributed by atoms with E-state index in [1.807, 2.05) is 0 Å². The van der Waals surface area contributed by atoms with Crippen LogP contribution in [-0.2, 0) is 6.18 Å². The highest BCUT2D eigenvalue weighted by Gasteiger charge is 2.37. The summed E-state index contributed by atoms with van der Waals surface area (Å²) in [5.41, 5.74) is 1.12. The number of aromatic nitrogens is 7. The van der Waals surface area contributed by atoms with Crippen molar-refractivity contribution in [3.8, 4) is 17.3 Å². The average molecular weight is 361 g/mol. The number of alkyl halides is 3. The minimum absolute atomic E-state index is 0.0613. The van der Waals surface area contributed by atoms with Gasteiger partial charge in [0.25, 0.3) is 11.6 Å². The Morgan fingerprint density at radius 2 is 1.96 bits per heavy atom. The van der Waals surface area contributed by atoms with Crippen molar-refractivity contribution in [2.45, 2.75) is 13.1 Å². The maximum atomic E-state index is 12.9. The second-order valence-electron chi connectivity index (χ2n) is 5.33. The van der Waals surface area contributed by atoms with Crippen molar-refractivity contribution in [2.24, 2.45) is 0 Å². The summed E-state index contributed by atoms with van der Waals surface area (Å²) in [7, 11) is 0. The summed E-state index contributed by atoms with van der Waals surface area (Å²) < 4.78 is 46.8. The molecule has 26 heavy (non-hydrogen) atoms. The molecule has 0 N–H and O–H groups in total. The standard InChI is InChI=1S/C15H10F3N7O/c1-9-7-12(25-14(20-9)21-13(22-25)15(16,17)18)26-11-4-2-3-10(8-11)24-6-5-19-23-24/h2-8H,1H3. The lowest BCUT2D eigenvalue weighted by Crippen LogP contribution is -2.08. The predicted molar refractivity (Wildman–Crippen MR) is 82.0 cm³/mol. The third kappa shape index (κ3) is 2.94. The molecule has 0 bridgehead atoms. The van der Waals surface area contributed by atoms with E-state index in [-0.39, 0.29) is 11.7 Å². The Kier molecular flexibility index (Phi) is 3.56. The molecule has 4 aromatic rings. The average Bonchev–Trinajstić information content (AvgIpc) is 3.24. The quantitative estimate of drug-likeness (QED) is 0.558. The largest absolute Gasteiger partial charge is 0.453 e. The van der Waals surface area contributed by atoms with Crippen LogP contribution in [0.4, 0.5) is 13.2 Å². The Morgan fingerprint density at radius 1 is 1.12 bits per heavy atom. The first-order valence-electron chi connectivity index (χ1n) is 7.36. The Hall–Kier alpha value is -3.50. The van der Waals surface area contributed by atoms with E-state index in [9.17, 15) is 13.2 Å². The first-order valence-corrected chi connectivity index (χ1v) is 7.36.